The monoisotopic (exact) mass is 677 g/mol. The molecule has 0 aliphatic carbocycles. The van der Waals surface area contributed by atoms with Crippen LogP contribution in [0.5, 0.6) is 11.5 Å². The second kappa shape index (κ2) is 10.6. The van der Waals surface area contributed by atoms with Crippen LogP contribution in [0.2, 0.25) is 0 Å². The number of hydrogen-bond donors (Lipinski definition) is 1. The third-order valence-electron chi connectivity index (χ3n) is 9.24. The predicted octanol–water partition coefficient (Wildman–Crippen LogP) is 2.74. The number of rotatable bonds is 6. The van der Waals surface area contributed by atoms with Gasteiger partial charge < -0.3 is 23.8 Å². The molecule has 0 atom stereocenters. The molecule has 6 rings (SSSR count). The molecule has 3 aromatic rings. The van der Waals surface area contributed by atoms with Crippen LogP contribution in [0, 0.1) is 0 Å². The Hall–Kier alpha value is -4.30. The lowest BCUT2D eigenvalue weighted by molar-refractivity contribution is 0.0696. The van der Waals surface area contributed by atoms with Crippen LogP contribution < -0.4 is 24.8 Å². The fraction of sp³-hybridized carbons (Fsp3) is 0.294. The smallest absolute Gasteiger partial charge is 0.336 e. The molecule has 0 unspecified atom stereocenters. The molecule has 13 heteroatoms. The van der Waals surface area contributed by atoms with Crippen molar-refractivity contribution in [1.82, 2.24) is 4.58 Å². The molecule has 0 aromatic heterocycles. The van der Waals surface area contributed by atoms with E-state index >= 15 is 0 Å². The molecule has 0 saturated carbocycles. The van der Waals surface area contributed by atoms with E-state index in [0.717, 1.165) is 0 Å². The van der Waals surface area contributed by atoms with E-state index in [1.165, 1.54) is 6.07 Å². The summed E-state index contributed by atoms with van der Waals surface area (Å²) < 4.78 is 80.6. The Bertz CT molecular complexity index is 2340. The second-order valence-corrected chi connectivity index (χ2v) is 16.0. The van der Waals surface area contributed by atoms with Gasteiger partial charge in [0.15, 0.2) is 5.54 Å². The van der Waals surface area contributed by atoms with Crippen LogP contribution in [-0.2, 0) is 20.2 Å². The van der Waals surface area contributed by atoms with Gasteiger partial charge in [0.2, 0.25) is 5.36 Å². The number of nitrogens with zero attached hydrogens (tertiary/aromatic N) is 2. The molecule has 3 aliphatic heterocycles. The summed E-state index contributed by atoms with van der Waals surface area (Å²) in [7, 11) is -5.66. The Balaban J connectivity index is 1.76. The highest BCUT2D eigenvalue weighted by Crippen LogP contribution is 2.46. The van der Waals surface area contributed by atoms with Gasteiger partial charge in [-0.05, 0) is 54.8 Å². The first-order valence-corrected chi connectivity index (χ1v) is 17.9. The van der Waals surface area contributed by atoms with Crippen LogP contribution in [0.25, 0.3) is 16.7 Å². The summed E-state index contributed by atoms with van der Waals surface area (Å²) in [5, 5.41) is 11.3. The molecule has 11 nitrogen and oxygen atoms in total. The van der Waals surface area contributed by atoms with E-state index in [4.69, 9.17) is 4.74 Å². The van der Waals surface area contributed by atoms with Crippen LogP contribution in [0.1, 0.15) is 60.3 Å². The lowest BCUT2D eigenvalue weighted by atomic mass is 9.83. The van der Waals surface area contributed by atoms with E-state index in [-0.39, 0.29) is 5.56 Å². The molecule has 0 saturated heterocycles. The summed E-state index contributed by atoms with van der Waals surface area (Å²) in [5.41, 5.74) is 2.06. The molecule has 0 amide bonds. The maximum atomic E-state index is 12.5. The Labute approximate surface area is 272 Å². The molecule has 3 heterocycles. The Morgan fingerprint density at radius 1 is 0.851 bits per heavy atom. The van der Waals surface area contributed by atoms with Gasteiger partial charge in [0.1, 0.15) is 18.5 Å². The third-order valence-corrected chi connectivity index (χ3v) is 10.6. The summed E-state index contributed by atoms with van der Waals surface area (Å²) in [6.07, 6.45) is 3.46. The number of fused-ring (bicyclic) bond motifs is 4. The number of hydrogen-bond acceptors (Lipinski definition) is 9. The Morgan fingerprint density at radius 2 is 1.47 bits per heavy atom. The molecule has 0 fully saturated rings. The summed E-state index contributed by atoms with van der Waals surface area (Å²) in [6.45, 7) is 7.56. The van der Waals surface area contributed by atoms with Gasteiger partial charge in [-0.2, -0.15) is 0 Å². The molecule has 0 spiro atoms. The summed E-state index contributed by atoms with van der Waals surface area (Å²) in [6, 6.07) is 13.3. The number of carboxylic acid groups (broad SMARTS) is 1. The summed E-state index contributed by atoms with van der Waals surface area (Å²) in [5.74, 6) is -1.94. The zero-order chi connectivity index (χ0) is 34.4. The van der Waals surface area contributed by atoms with Crippen LogP contribution in [0.3, 0.4) is 0 Å². The maximum absolute atomic E-state index is 12.5. The van der Waals surface area contributed by atoms with Crippen LogP contribution in [0.4, 0.5) is 5.69 Å². The number of aromatic carboxylic acids is 1. The van der Waals surface area contributed by atoms with Crippen LogP contribution in [0.15, 0.2) is 60.7 Å². The van der Waals surface area contributed by atoms with Crippen molar-refractivity contribution in [3.63, 3.8) is 0 Å². The van der Waals surface area contributed by atoms with Gasteiger partial charge in [-0.1, -0.05) is 24.3 Å². The van der Waals surface area contributed by atoms with Crippen molar-refractivity contribution < 1.29 is 40.6 Å². The highest BCUT2D eigenvalue weighted by atomic mass is 32.2. The van der Waals surface area contributed by atoms with Crippen molar-refractivity contribution in [2.24, 2.45) is 0 Å². The predicted molar refractivity (Wildman–Crippen MR) is 176 cm³/mol. The second-order valence-electron chi connectivity index (χ2n) is 13.2. The maximum Gasteiger partial charge on any atom is 0.336 e. The topological polar surface area (TPSA) is 167 Å². The van der Waals surface area contributed by atoms with Crippen molar-refractivity contribution in [1.29, 1.82) is 0 Å². The van der Waals surface area contributed by atoms with Gasteiger partial charge in [-0.3, -0.25) is 0 Å². The largest absolute Gasteiger partial charge is 0.748 e. The van der Waals surface area contributed by atoms with Gasteiger partial charge in [-0.25, -0.2) is 26.2 Å². The Kier molecular flexibility index (Phi) is 7.36. The number of likely N-dealkylation sites (N-methyl/N-ethyl adjacent to an activating group) is 2. The Morgan fingerprint density at radius 3 is 2.09 bits per heavy atom. The molecule has 3 aliphatic rings. The minimum Gasteiger partial charge on any atom is -0.748 e. The number of carboxylic acids is 1. The quantitative estimate of drug-likeness (QED) is 0.237. The SMILES string of the molecule is CN1c2cc3c(cc2C(CS(=O)(=O)[O-])=CC1(C)C)C(c1ccccc1C(=O)O)=c1cc2c(cc1O3)=[N+](C)C(C)(C)C=C2CS(=O)(=O)[O-]. The lowest BCUT2D eigenvalue weighted by Crippen LogP contribution is -2.47. The molecule has 1 N–H and O–H groups in total. The first-order chi connectivity index (χ1) is 21.7. The number of carbonyl (C=O) groups is 1. The van der Waals surface area contributed by atoms with Crippen molar-refractivity contribution in [3.8, 4) is 11.5 Å². The van der Waals surface area contributed by atoms with Gasteiger partial charge in [0.25, 0.3) is 0 Å². The molecular formula is C34H33N2O9S2-. The van der Waals surface area contributed by atoms with E-state index in [1.807, 2.05) is 51.3 Å². The molecule has 246 valence electrons. The standard InChI is InChI=1S/C34H34N2O9S2/c1-33(2)15-19(17-46(39,40)41)23-11-25-29(13-27(23)35(33)5)45-30-14-28-24(20(18-47(42,43)44)16-34(3,4)36(28)6)12-26(30)31(25)21-9-7-8-10-22(21)32(37)38/h7-16H,17-18H2,1-6H3,(H2-,37,38,39,40,41,42,43,44)/p-1. The highest BCUT2D eigenvalue weighted by Gasteiger charge is 2.36. The third kappa shape index (κ3) is 5.77. The zero-order valence-electron chi connectivity index (χ0n) is 26.6. The minimum absolute atomic E-state index is 0.0101. The first-order valence-electron chi connectivity index (χ1n) is 14.7. The number of anilines is 1. The van der Waals surface area contributed by atoms with Gasteiger partial charge in [0.05, 0.1) is 54.5 Å². The van der Waals surface area contributed by atoms with Gasteiger partial charge in [0, 0.05) is 54.6 Å². The molecular weight excluding hydrogens is 645 g/mol. The van der Waals surface area contributed by atoms with E-state index in [1.54, 1.807) is 54.6 Å². The number of benzene rings is 3. The molecule has 0 bridgehead atoms. The summed E-state index contributed by atoms with van der Waals surface area (Å²) >= 11 is 0. The van der Waals surface area contributed by atoms with E-state index in [2.05, 4.69) is 0 Å². The van der Waals surface area contributed by atoms with E-state index in [0.29, 0.717) is 66.7 Å². The molecule has 47 heavy (non-hydrogen) atoms. The first kappa shape index (κ1) is 32.6. The van der Waals surface area contributed by atoms with Gasteiger partial charge >= 0.3 is 5.97 Å². The fourth-order valence-electron chi connectivity index (χ4n) is 6.65. The highest BCUT2D eigenvalue weighted by molar-refractivity contribution is 7.86. The average Bonchev–Trinajstić information content (AvgIpc) is 2.94. The number of ether oxygens (including phenoxy) is 1. The van der Waals surface area contributed by atoms with Crippen molar-refractivity contribution in [3.05, 3.63) is 99.1 Å². The average molecular weight is 678 g/mol. The normalized spacial score (nSPS) is 17.8. The minimum atomic E-state index is -4.67. The van der Waals surface area contributed by atoms with Crippen molar-refractivity contribution in [2.75, 3.05) is 30.5 Å². The summed E-state index contributed by atoms with van der Waals surface area (Å²) in [4.78, 5) is 14.5. The zero-order valence-corrected chi connectivity index (χ0v) is 28.2. The van der Waals surface area contributed by atoms with Crippen molar-refractivity contribution >= 4 is 48.6 Å². The van der Waals surface area contributed by atoms with Crippen LogP contribution in [-0.4, -0.2) is 73.7 Å². The fourth-order valence-corrected chi connectivity index (χ4v) is 7.89. The van der Waals surface area contributed by atoms with Gasteiger partial charge in [-0.15, -0.1) is 0 Å². The van der Waals surface area contributed by atoms with Crippen LogP contribution >= 0.6 is 0 Å². The van der Waals surface area contributed by atoms with Crippen molar-refractivity contribution in [2.45, 2.75) is 38.8 Å². The van der Waals surface area contributed by atoms with E-state index < -0.39 is 48.8 Å². The van der Waals surface area contributed by atoms with E-state index in [9.17, 15) is 35.8 Å². The molecule has 0 radical (unpaired) electrons. The molecule has 3 aromatic carbocycles. The lowest BCUT2D eigenvalue weighted by Gasteiger charge is -2.42.